The number of alkyl halides is 3. The average molecular weight is 428 g/mol. The minimum Gasteiger partial charge on any atom is -0.440 e. The number of piperazine rings is 1. The highest BCUT2D eigenvalue weighted by atomic mass is 19.4. The lowest BCUT2D eigenvalue weighted by atomic mass is 9.96. The van der Waals surface area contributed by atoms with Crippen molar-refractivity contribution < 1.29 is 27.5 Å². The van der Waals surface area contributed by atoms with Gasteiger partial charge in [-0.05, 0) is 44.2 Å². The molecule has 1 N–H and O–H groups in total. The second-order valence-electron chi connectivity index (χ2n) is 7.76. The fourth-order valence-electron chi connectivity index (χ4n) is 3.62. The monoisotopic (exact) mass is 428 g/mol. The summed E-state index contributed by atoms with van der Waals surface area (Å²) in [7, 11) is 2.10. The summed E-state index contributed by atoms with van der Waals surface area (Å²) in [6, 6.07) is 7.71. The van der Waals surface area contributed by atoms with E-state index in [4.69, 9.17) is 0 Å². The van der Waals surface area contributed by atoms with Crippen LogP contribution in [0.3, 0.4) is 0 Å². The first kappa shape index (κ1) is 22.2. The third-order valence-electron chi connectivity index (χ3n) is 5.49. The number of likely N-dealkylation sites (N-methyl/N-ethyl adjacent to an activating group) is 1. The normalized spacial score (nSPS) is 18.9. The van der Waals surface area contributed by atoms with Crippen LogP contribution in [0.1, 0.15) is 12.8 Å². The van der Waals surface area contributed by atoms with Crippen molar-refractivity contribution in [2.24, 2.45) is 5.92 Å². The molecule has 0 radical (unpaired) electrons. The molecular weight excluding hydrogens is 401 g/mol. The molecule has 10 heteroatoms. The van der Waals surface area contributed by atoms with Gasteiger partial charge in [-0.3, -0.25) is 4.79 Å². The lowest BCUT2D eigenvalue weighted by Gasteiger charge is -2.34. The van der Waals surface area contributed by atoms with Gasteiger partial charge in [0, 0.05) is 56.6 Å². The van der Waals surface area contributed by atoms with Gasteiger partial charge in [0.25, 0.3) is 0 Å². The van der Waals surface area contributed by atoms with Crippen LogP contribution in [0, 0.1) is 5.92 Å². The lowest BCUT2D eigenvalue weighted by Crippen LogP contribution is -2.44. The molecule has 0 saturated carbocycles. The Morgan fingerprint density at radius 3 is 2.20 bits per heavy atom. The number of likely N-dealkylation sites (tertiary alicyclic amines) is 1. The molecule has 3 rings (SSSR count). The zero-order chi connectivity index (χ0) is 21.7. The summed E-state index contributed by atoms with van der Waals surface area (Å²) < 4.78 is 40.7. The first-order chi connectivity index (χ1) is 14.2. The average Bonchev–Trinajstić information content (AvgIpc) is 2.73. The van der Waals surface area contributed by atoms with Crippen molar-refractivity contribution in [1.82, 2.24) is 9.80 Å². The topological polar surface area (TPSA) is 65.1 Å². The smallest absolute Gasteiger partial charge is 0.422 e. The summed E-state index contributed by atoms with van der Waals surface area (Å²) in [5, 5.41) is 2.89. The van der Waals surface area contributed by atoms with Crippen molar-refractivity contribution in [3.05, 3.63) is 24.3 Å². The quantitative estimate of drug-likeness (QED) is 0.799. The molecule has 0 unspecified atom stereocenters. The Bertz CT molecular complexity index is 726. The van der Waals surface area contributed by atoms with Crippen LogP contribution in [0.25, 0.3) is 0 Å². The molecule has 2 fully saturated rings. The second kappa shape index (κ2) is 9.55. The number of benzene rings is 1. The first-order valence-corrected chi connectivity index (χ1v) is 10.0. The molecule has 2 saturated heterocycles. The van der Waals surface area contributed by atoms with Gasteiger partial charge >= 0.3 is 12.3 Å². The number of piperidine rings is 1. The van der Waals surface area contributed by atoms with E-state index in [9.17, 15) is 22.8 Å². The second-order valence-corrected chi connectivity index (χ2v) is 7.76. The van der Waals surface area contributed by atoms with Crippen LogP contribution in [0.15, 0.2) is 24.3 Å². The molecule has 166 valence electrons. The molecule has 2 aliphatic rings. The number of halogens is 3. The van der Waals surface area contributed by atoms with Crippen LogP contribution >= 0.6 is 0 Å². The summed E-state index contributed by atoms with van der Waals surface area (Å²) in [6.45, 7) is 2.74. The number of hydrogen-bond donors (Lipinski definition) is 1. The fraction of sp³-hybridized carbons (Fsp3) is 0.600. The Hall–Kier alpha value is -2.49. The van der Waals surface area contributed by atoms with E-state index < -0.39 is 18.9 Å². The lowest BCUT2D eigenvalue weighted by molar-refractivity contribution is -0.162. The summed E-state index contributed by atoms with van der Waals surface area (Å²) >= 11 is 0. The number of nitrogens with one attached hydrogen (secondary N) is 1. The molecule has 1 aromatic carbocycles. The highest BCUT2D eigenvalue weighted by Crippen LogP contribution is 2.23. The van der Waals surface area contributed by atoms with Crippen molar-refractivity contribution in [3.63, 3.8) is 0 Å². The molecule has 0 aliphatic carbocycles. The standard InChI is InChI=1S/C20H27F3N4O3/c1-25-10-12-26(13-11-25)17-4-2-16(3-5-17)24-18(28)15-6-8-27(9-7-15)19(29)30-14-20(21,22)23/h2-5,15H,6-14H2,1H3,(H,24,28). The van der Waals surface area contributed by atoms with Crippen LogP contribution in [0.2, 0.25) is 0 Å². The van der Waals surface area contributed by atoms with Crippen molar-refractivity contribution in [2.45, 2.75) is 19.0 Å². The van der Waals surface area contributed by atoms with Gasteiger partial charge in [-0.15, -0.1) is 0 Å². The maximum absolute atomic E-state index is 12.5. The molecule has 0 aromatic heterocycles. The zero-order valence-corrected chi connectivity index (χ0v) is 17.0. The van der Waals surface area contributed by atoms with Crippen molar-refractivity contribution in [1.29, 1.82) is 0 Å². The van der Waals surface area contributed by atoms with Gasteiger partial charge in [-0.1, -0.05) is 0 Å². The van der Waals surface area contributed by atoms with E-state index in [1.165, 1.54) is 4.90 Å². The third kappa shape index (κ3) is 6.25. The Balaban J connectivity index is 1.44. The van der Waals surface area contributed by atoms with Crippen LogP contribution < -0.4 is 10.2 Å². The van der Waals surface area contributed by atoms with E-state index in [2.05, 4.69) is 26.9 Å². The zero-order valence-electron chi connectivity index (χ0n) is 17.0. The number of hydrogen-bond acceptors (Lipinski definition) is 5. The van der Waals surface area contributed by atoms with E-state index in [-0.39, 0.29) is 24.9 Å². The number of ether oxygens (including phenoxy) is 1. The van der Waals surface area contributed by atoms with E-state index >= 15 is 0 Å². The third-order valence-corrected chi connectivity index (χ3v) is 5.49. The minimum absolute atomic E-state index is 0.148. The van der Waals surface area contributed by atoms with Crippen molar-refractivity contribution in [3.8, 4) is 0 Å². The predicted molar refractivity (Wildman–Crippen MR) is 106 cm³/mol. The van der Waals surface area contributed by atoms with E-state index in [0.29, 0.717) is 18.5 Å². The van der Waals surface area contributed by atoms with Gasteiger partial charge in [0.1, 0.15) is 0 Å². The molecule has 7 nitrogen and oxygen atoms in total. The first-order valence-electron chi connectivity index (χ1n) is 10.0. The van der Waals surface area contributed by atoms with Crippen LogP contribution in [-0.2, 0) is 9.53 Å². The van der Waals surface area contributed by atoms with Crippen molar-refractivity contribution >= 4 is 23.4 Å². The maximum Gasteiger partial charge on any atom is 0.422 e. The maximum atomic E-state index is 12.5. The Morgan fingerprint density at radius 2 is 1.63 bits per heavy atom. The molecule has 0 spiro atoms. The Labute approximate surface area is 173 Å². The molecule has 2 aliphatic heterocycles. The van der Waals surface area contributed by atoms with Gasteiger partial charge in [0.15, 0.2) is 6.61 Å². The van der Waals surface area contributed by atoms with Crippen LogP contribution in [-0.4, -0.2) is 80.9 Å². The predicted octanol–water partition coefficient (Wildman–Crippen LogP) is 2.79. The molecule has 1 aromatic rings. The number of anilines is 2. The Kier molecular flexibility index (Phi) is 7.06. The number of carbonyl (C=O) groups is 2. The highest BCUT2D eigenvalue weighted by Gasteiger charge is 2.33. The number of rotatable bonds is 4. The molecule has 2 heterocycles. The van der Waals surface area contributed by atoms with Gasteiger partial charge in [-0.2, -0.15) is 13.2 Å². The molecular formula is C20H27F3N4O3. The van der Waals surface area contributed by atoms with Gasteiger partial charge in [0.2, 0.25) is 5.91 Å². The SMILES string of the molecule is CN1CCN(c2ccc(NC(=O)C3CCN(C(=O)OCC(F)(F)F)CC3)cc2)CC1. The van der Waals surface area contributed by atoms with Gasteiger partial charge < -0.3 is 24.8 Å². The number of amides is 2. The van der Waals surface area contributed by atoms with Crippen molar-refractivity contribution in [2.75, 3.05) is 63.1 Å². The molecule has 0 bridgehead atoms. The fourth-order valence-corrected chi connectivity index (χ4v) is 3.62. The molecule has 0 atom stereocenters. The summed E-state index contributed by atoms with van der Waals surface area (Å²) in [6.07, 6.45) is -4.78. The summed E-state index contributed by atoms with van der Waals surface area (Å²) in [5.74, 6) is -0.445. The highest BCUT2D eigenvalue weighted by molar-refractivity contribution is 5.92. The van der Waals surface area contributed by atoms with Crippen LogP contribution in [0.4, 0.5) is 29.3 Å². The summed E-state index contributed by atoms with van der Waals surface area (Å²) in [4.78, 5) is 30.0. The van der Waals surface area contributed by atoms with Crippen LogP contribution in [0.5, 0.6) is 0 Å². The van der Waals surface area contributed by atoms with Gasteiger partial charge in [0.05, 0.1) is 0 Å². The molecule has 2 amide bonds. The number of carbonyl (C=O) groups excluding carboxylic acids is 2. The minimum atomic E-state index is -4.55. The van der Waals surface area contributed by atoms with E-state index in [0.717, 1.165) is 31.9 Å². The van der Waals surface area contributed by atoms with E-state index in [1.54, 1.807) is 0 Å². The Morgan fingerprint density at radius 1 is 1.03 bits per heavy atom. The summed E-state index contributed by atoms with van der Waals surface area (Å²) in [5.41, 5.74) is 1.82. The van der Waals surface area contributed by atoms with E-state index in [1.807, 2.05) is 24.3 Å². The van der Waals surface area contributed by atoms with Gasteiger partial charge in [-0.25, -0.2) is 4.79 Å². The number of nitrogens with zero attached hydrogens (tertiary/aromatic N) is 3. The molecule has 30 heavy (non-hydrogen) atoms. The largest absolute Gasteiger partial charge is 0.440 e.